The number of H-pyrrole nitrogens is 1. The number of rotatable bonds is 3. The SMILES string of the molecule is COC(=O)Cc1c(-c2ccccc2)c2cc(Br)ccc2[nH]c1=O. The van der Waals surface area contributed by atoms with Crippen molar-refractivity contribution >= 4 is 32.8 Å². The summed E-state index contributed by atoms with van der Waals surface area (Å²) in [4.78, 5) is 27.1. The number of carbonyl (C=O) groups excluding carboxylic acids is 1. The van der Waals surface area contributed by atoms with Gasteiger partial charge >= 0.3 is 5.97 Å². The van der Waals surface area contributed by atoms with Crippen molar-refractivity contribution in [2.45, 2.75) is 6.42 Å². The summed E-state index contributed by atoms with van der Waals surface area (Å²) >= 11 is 3.46. The molecule has 0 aliphatic carbocycles. The Morgan fingerprint density at radius 1 is 1.17 bits per heavy atom. The van der Waals surface area contributed by atoms with Crippen LogP contribution in [0.1, 0.15) is 5.56 Å². The van der Waals surface area contributed by atoms with Crippen LogP contribution in [0.2, 0.25) is 0 Å². The van der Waals surface area contributed by atoms with Crippen molar-refractivity contribution in [3.8, 4) is 11.1 Å². The number of pyridine rings is 1. The molecular formula is C18H14BrNO3. The van der Waals surface area contributed by atoms with E-state index < -0.39 is 5.97 Å². The van der Waals surface area contributed by atoms with Gasteiger partial charge in [-0.15, -0.1) is 0 Å². The monoisotopic (exact) mass is 371 g/mol. The van der Waals surface area contributed by atoms with Crippen molar-refractivity contribution in [1.82, 2.24) is 4.98 Å². The van der Waals surface area contributed by atoms with E-state index in [1.165, 1.54) is 7.11 Å². The number of ether oxygens (including phenoxy) is 1. The average molecular weight is 372 g/mol. The Labute approximate surface area is 141 Å². The molecule has 1 N–H and O–H groups in total. The molecule has 1 aromatic heterocycles. The summed E-state index contributed by atoms with van der Waals surface area (Å²) in [5.41, 5.74) is 2.51. The minimum absolute atomic E-state index is 0.0709. The fraction of sp³-hybridized carbons (Fsp3) is 0.111. The first kappa shape index (κ1) is 15.5. The summed E-state index contributed by atoms with van der Waals surface area (Å²) in [6.07, 6.45) is -0.0709. The van der Waals surface area contributed by atoms with Crippen LogP contribution >= 0.6 is 15.9 Å². The number of benzene rings is 2. The predicted molar refractivity (Wildman–Crippen MR) is 93.4 cm³/mol. The molecule has 116 valence electrons. The van der Waals surface area contributed by atoms with Crippen molar-refractivity contribution in [2.75, 3.05) is 7.11 Å². The summed E-state index contributed by atoms with van der Waals surface area (Å²) in [5, 5.41) is 0.879. The van der Waals surface area contributed by atoms with Gasteiger partial charge < -0.3 is 9.72 Å². The molecule has 0 fully saturated rings. The minimum Gasteiger partial charge on any atom is -0.469 e. The third kappa shape index (κ3) is 3.05. The molecule has 0 bridgehead atoms. The van der Waals surface area contributed by atoms with Gasteiger partial charge in [0.2, 0.25) is 0 Å². The van der Waals surface area contributed by atoms with Crippen LogP contribution in [0.3, 0.4) is 0 Å². The molecule has 0 aliphatic rings. The molecule has 2 aromatic carbocycles. The second kappa shape index (κ2) is 6.38. The Kier molecular flexibility index (Phi) is 4.30. The molecule has 0 unspecified atom stereocenters. The highest BCUT2D eigenvalue weighted by atomic mass is 79.9. The number of aromatic nitrogens is 1. The molecule has 0 saturated heterocycles. The quantitative estimate of drug-likeness (QED) is 0.714. The van der Waals surface area contributed by atoms with Crippen molar-refractivity contribution in [1.29, 1.82) is 0 Å². The maximum Gasteiger partial charge on any atom is 0.310 e. The molecule has 0 aliphatic heterocycles. The van der Waals surface area contributed by atoms with Gasteiger partial charge in [0.25, 0.3) is 5.56 Å². The number of hydrogen-bond acceptors (Lipinski definition) is 3. The molecule has 3 aromatic rings. The van der Waals surface area contributed by atoms with E-state index in [0.29, 0.717) is 5.56 Å². The fourth-order valence-electron chi connectivity index (χ4n) is 2.63. The minimum atomic E-state index is -0.443. The smallest absolute Gasteiger partial charge is 0.310 e. The molecule has 5 heteroatoms. The van der Waals surface area contributed by atoms with E-state index in [2.05, 4.69) is 20.9 Å². The van der Waals surface area contributed by atoms with E-state index in [-0.39, 0.29) is 12.0 Å². The van der Waals surface area contributed by atoms with Gasteiger partial charge in [-0.3, -0.25) is 9.59 Å². The van der Waals surface area contributed by atoms with Crippen molar-refractivity contribution in [3.05, 3.63) is 68.9 Å². The number of hydrogen-bond donors (Lipinski definition) is 1. The number of halogens is 1. The highest BCUT2D eigenvalue weighted by molar-refractivity contribution is 9.10. The van der Waals surface area contributed by atoms with Crippen LogP contribution < -0.4 is 5.56 Å². The zero-order valence-electron chi connectivity index (χ0n) is 12.4. The molecular weight excluding hydrogens is 358 g/mol. The Hall–Kier alpha value is -2.40. The highest BCUT2D eigenvalue weighted by Crippen LogP contribution is 2.31. The first-order chi connectivity index (χ1) is 11.1. The van der Waals surface area contributed by atoms with Crippen molar-refractivity contribution in [3.63, 3.8) is 0 Å². The number of fused-ring (bicyclic) bond motifs is 1. The topological polar surface area (TPSA) is 59.2 Å². The van der Waals surface area contributed by atoms with Gasteiger partial charge in [0.05, 0.1) is 13.5 Å². The van der Waals surface area contributed by atoms with Crippen LogP contribution in [0.4, 0.5) is 0 Å². The van der Waals surface area contributed by atoms with E-state index in [1.807, 2.05) is 48.5 Å². The lowest BCUT2D eigenvalue weighted by Crippen LogP contribution is -2.19. The Bertz CT molecular complexity index is 932. The fourth-order valence-corrected chi connectivity index (χ4v) is 2.99. The summed E-state index contributed by atoms with van der Waals surface area (Å²) in [5.74, 6) is -0.443. The predicted octanol–water partition coefficient (Wildman–Crippen LogP) is 3.67. The summed E-state index contributed by atoms with van der Waals surface area (Å²) in [6, 6.07) is 15.2. The van der Waals surface area contributed by atoms with Gasteiger partial charge in [-0.1, -0.05) is 46.3 Å². The van der Waals surface area contributed by atoms with Crippen LogP contribution in [0.25, 0.3) is 22.0 Å². The number of carbonyl (C=O) groups is 1. The first-order valence-corrected chi connectivity index (χ1v) is 7.86. The van der Waals surface area contributed by atoms with E-state index in [9.17, 15) is 9.59 Å². The molecule has 0 radical (unpaired) electrons. The number of aromatic amines is 1. The van der Waals surface area contributed by atoms with Crippen LogP contribution in [-0.4, -0.2) is 18.1 Å². The second-order valence-corrected chi connectivity index (χ2v) is 6.03. The van der Waals surface area contributed by atoms with Crippen molar-refractivity contribution < 1.29 is 9.53 Å². The molecule has 0 saturated carbocycles. The molecule has 0 amide bonds. The Balaban J connectivity index is 2.38. The first-order valence-electron chi connectivity index (χ1n) is 7.07. The molecule has 23 heavy (non-hydrogen) atoms. The molecule has 0 spiro atoms. The third-order valence-corrected chi connectivity index (χ3v) is 4.18. The van der Waals surface area contributed by atoms with Crippen LogP contribution in [-0.2, 0) is 16.0 Å². The number of nitrogens with one attached hydrogen (secondary N) is 1. The van der Waals surface area contributed by atoms with Gasteiger partial charge in [0.15, 0.2) is 0 Å². The Morgan fingerprint density at radius 3 is 2.61 bits per heavy atom. The molecule has 0 atom stereocenters. The summed E-state index contributed by atoms with van der Waals surface area (Å²) in [6.45, 7) is 0. The van der Waals surface area contributed by atoms with Gasteiger partial charge in [-0.05, 0) is 23.8 Å². The largest absolute Gasteiger partial charge is 0.469 e. The lowest BCUT2D eigenvalue weighted by Gasteiger charge is -2.12. The summed E-state index contributed by atoms with van der Waals surface area (Å²) < 4.78 is 5.64. The average Bonchev–Trinajstić information content (AvgIpc) is 2.56. The molecule has 4 nitrogen and oxygen atoms in total. The van der Waals surface area contributed by atoms with Crippen molar-refractivity contribution in [2.24, 2.45) is 0 Å². The maximum absolute atomic E-state index is 12.5. The highest BCUT2D eigenvalue weighted by Gasteiger charge is 2.17. The second-order valence-electron chi connectivity index (χ2n) is 5.12. The van der Waals surface area contributed by atoms with Gasteiger partial charge in [-0.25, -0.2) is 0 Å². The molecule has 1 heterocycles. The standard InChI is InChI=1S/C18H14BrNO3/c1-23-16(21)10-14-17(11-5-3-2-4-6-11)13-9-12(19)7-8-15(13)20-18(14)22/h2-9H,10H2,1H3,(H,20,22). The van der Waals surface area contributed by atoms with Gasteiger partial charge in [-0.2, -0.15) is 0 Å². The lowest BCUT2D eigenvalue weighted by atomic mass is 9.95. The lowest BCUT2D eigenvalue weighted by molar-refractivity contribution is -0.139. The normalized spacial score (nSPS) is 10.7. The zero-order valence-corrected chi connectivity index (χ0v) is 14.0. The van der Waals surface area contributed by atoms with Crippen LogP contribution in [0, 0.1) is 0 Å². The van der Waals surface area contributed by atoms with E-state index >= 15 is 0 Å². The van der Waals surface area contributed by atoms with Gasteiger partial charge in [0, 0.05) is 26.5 Å². The third-order valence-electron chi connectivity index (χ3n) is 3.69. The van der Waals surface area contributed by atoms with Crippen LogP contribution in [0.5, 0.6) is 0 Å². The van der Waals surface area contributed by atoms with Gasteiger partial charge in [0.1, 0.15) is 0 Å². The van der Waals surface area contributed by atoms with E-state index in [0.717, 1.165) is 26.5 Å². The Morgan fingerprint density at radius 2 is 1.91 bits per heavy atom. The molecule has 3 rings (SSSR count). The maximum atomic E-state index is 12.5. The number of methoxy groups -OCH3 is 1. The summed E-state index contributed by atoms with van der Waals surface area (Å²) in [7, 11) is 1.32. The van der Waals surface area contributed by atoms with E-state index in [4.69, 9.17) is 4.74 Å². The zero-order chi connectivity index (χ0) is 16.4. The van der Waals surface area contributed by atoms with E-state index in [1.54, 1.807) is 0 Å². The van der Waals surface area contributed by atoms with Crippen LogP contribution in [0.15, 0.2) is 57.8 Å². The number of esters is 1.